The Bertz CT molecular complexity index is 303. The van der Waals surface area contributed by atoms with Crippen LogP contribution in [0.4, 0.5) is 0 Å². The molecule has 0 radical (unpaired) electrons. The van der Waals surface area contributed by atoms with Gasteiger partial charge in [-0.1, -0.05) is 25.9 Å². The molecule has 1 aromatic rings. The van der Waals surface area contributed by atoms with Gasteiger partial charge >= 0.3 is 51.4 Å². The topological polar surface area (TPSA) is 79.0 Å². The number of aromatic carboxylic acids is 1. The molecule has 0 aromatic carbocycles. The number of hydrogen-bond donors (Lipinski definition) is 0. The quantitative estimate of drug-likeness (QED) is 0.453. The zero-order valence-electron chi connectivity index (χ0n) is 8.12. The Kier molecular flexibility index (Phi) is 4.74. The molecule has 0 fully saturated rings. The van der Waals surface area contributed by atoms with Gasteiger partial charge in [-0.25, -0.2) is 0 Å². The normalized spacial score (nSPS) is 10.7. The molecule has 1 heterocycles. The Morgan fingerprint density at radius 3 is 2.23 bits per heavy atom. The monoisotopic (exact) mass is 208 g/mol. The maximum Gasteiger partial charge on any atom is 1.00 e. The molecular formula is C7H9KN2O3. The average molecular weight is 208 g/mol. The van der Waals surface area contributed by atoms with Gasteiger partial charge in [0.25, 0.3) is 5.89 Å². The van der Waals surface area contributed by atoms with Crippen LogP contribution in [-0.4, -0.2) is 16.1 Å². The Morgan fingerprint density at radius 1 is 1.46 bits per heavy atom. The fraction of sp³-hybridized carbons (Fsp3) is 0.571. The Hall–Kier alpha value is 0.246. The first-order valence-electron chi connectivity index (χ1n) is 3.47. The van der Waals surface area contributed by atoms with Crippen molar-refractivity contribution in [1.82, 2.24) is 10.1 Å². The summed E-state index contributed by atoms with van der Waals surface area (Å²) in [5.41, 5.74) is -0.308. The molecule has 0 unspecified atom stereocenters. The predicted molar refractivity (Wildman–Crippen MR) is 37.3 cm³/mol. The van der Waals surface area contributed by atoms with E-state index in [1.807, 2.05) is 20.8 Å². The fourth-order valence-electron chi connectivity index (χ4n) is 0.611. The van der Waals surface area contributed by atoms with E-state index in [1.54, 1.807) is 0 Å². The third-order valence-electron chi connectivity index (χ3n) is 1.27. The smallest absolute Gasteiger partial charge is 0.540 e. The van der Waals surface area contributed by atoms with Crippen LogP contribution in [0, 0.1) is 0 Å². The largest absolute Gasteiger partial charge is 1.00 e. The summed E-state index contributed by atoms with van der Waals surface area (Å²) in [7, 11) is 0. The van der Waals surface area contributed by atoms with Gasteiger partial charge in [0.1, 0.15) is 5.97 Å². The van der Waals surface area contributed by atoms with E-state index in [-0.39, 0.29) is 56.8 Å². The van der Waals surface area contributed by atoms with Crippen LogP contribution in [-0.2, 0) is 5.41 Å². The van der Waals surface area contributed by atoms with Crippen molar-refractivity contribution in [3.05, 3.63) is 11.7 Å². The summed E-state index contributed by atoms with van der Waals surface area (Å²) < 4.78 is 4.43. The molecule has 1 aromatic heterocycles. The second-order valence-electron chi connectivity index (χ2n) is 3.46. The van der Waals surface area contributed by atoms with Gasteiger partial charge in [-0.2, -0.15) is 4.98 Å². The van der Waals surface area contributed by atoms with Gasteiger partial charge in [-0.05, 0) is 0 Å². The van der Waals surface area contributed by atoms with Crippen LogP contribution in [0.2, 0.25) is 0 Å². The molecule has 1 rings (SSSR count). The molecule has 0 aliphatic carbocycles. The summed E-state index contributed by atoms with van der Waals surface area (Å²) >= 11 is 0. The number of carboxylic acids is 1. The maximum absolute atomic E-state index is 10.2. The minimum atomic E-state index is -1.45. The van der Waals surface area contributed by atoms with E-state index < -0.39 is 11.9 Å². The Balaban J connectivity index is 0.00000144. The van der Waals surface area contributed by atoms with Crippen molar-refractivity contribution in [2.75, 3.05) is 0 Å². The molecule has 5 nitrogen and oxygen atoms in total. The molecule has 66 valence electrons. The van der Waals surface area contributed by atoms with E-state index >= 15 is 0 Å². The van der Waals surface area contributed by atoms with E-state index in [4.69, 9.17) is 0 Å². The molecule has 0 aliphatic rings. The van der Waals surface area contributed by atoms with E-state index in [9.17, 15) is 9.90 Å². The van der Waals surface area contributed by atoms with Crippen LogP contribution in [0.3, 0.4) is 0 Å². The molecular weight excluding hydrogens is 199 g/mol. The fourth-order valence-corrected chi connectivity index (χ4v) is 0.611. The van der Waals surface area contributed by atoms with E-state index in [0.717, 1.165) is 0 Å². The molecule has 0 N–H and O–H groups in total. The summed E-state index contributed by atoms with van der Waals surface area (Å²) in [5, 5.41) is 13.7. The van der Waals surface area contributed by atoms with Crippen molar-refractivity contribution in [2.45, 2.75) is 26.2 Å². The van der Waals surface area contributed by atoms with Gasteiger partial charge in [0.05, 0.1) is 0 Å². The van der Waals surface area contributed by atoms with Gasteiger partial charge in [0, 0.05) is 5.41 Å². The second-order valence-corrected chi connectivity index (χ2v) is 3.46. The average Bonchev–Trinajstić information content (AvgIpc) is 2.30. The SMILES string of the molecule is CC(C)(C)c1noc(C(=O)[O-])n1.[K+]. The van der Waals surface area contributed by atoms with Gasteiger partial charge < -0.3 is 14.4 Å². The number of carbonyl (C=O) groups excluding carboxylic acids is 1. The van der Waals surface area contributed by atoms with Crippen LogP contribution in [0.5, 0.6) is 0 Å². The van der Waals surface area contributed by atoms with Crippen molar-refractivity contribution in [3.8, 4) is 0 Å². The minimum Gasteiger partial charge on any atom is -0.540 e. The van der Waals surface area contributed by atoms with Crippen molar-refractivity contribution in [2.24, 2.45) is 0 Å². The molecule has 13 heavy (non-hydrogen) atoms. The Morgan fingerprint density at radius 2 is 2.00 bits per heavy atom. The van der Waals surface area contributed by atoms with Gasteiger partial charge in [-0.15, -0.1) is 0 Å². The van der Waals surface area contributed by atoms with Crippen LogP contribution < -0.4 is 56.5 Å². The summed E-state index contributed by atoms with van der Waals surface area (Å²) in [6.45, 7) is 5.57. The number of aromatic nitrogens is 2. The summed E-state index contributed by atoms with van der Waals surface area (Å²) in [5.74, 6) is -1.56. The number of carbonyl (C=O) groups is 1. The predicted octanol–water partition coefficient (Wildman–Crippen LogP) is -3.27. The Labute approximate surface area is 118 Å². The van der Waals surface area contributed by atoms with Crippen molar-refractivity contribution < 1.29 is 65.8 Å². The van der Waals surface area contributed by atoms with E-state index in [2.05, 4.69) is 14.7 Å². The summed E-state index contributed by atoms with van der Waals surface area (Å²) in [6.07, 6.45) is 0. The summed E-state index contributed by atoms with van der Waals surface area (Å²) in [6, 6.07) is 0. The number of carboxylic acid groups (broad SMARTS) is 1. The zero-order chi connectivity index (χ0) is 9.35. The molecule has 0 saturated heterocycles. The minimum absolute atomic E-state index is 0. The van der Waals surface area contributed by atoms with Crippen molar-refractivity contribution in [1.29, 1.82) is 0 Å². The molecule has 6 heteroatoms. The molecule has 0 amide bonds. The molecule has 0 aliphatic heterocycles. The second kappa shape index (κ2) is 4.65. The number of hydrogen-bond acceptors (Lipinski definition) is 5. The first kappa shape index (κ1) is 13.2. The van der Waals surface area contributed by atoms with Crippen LogP contribution >= 0.6 is 0 Å². The maximum atomic E-state index is 10.2. The van der Waals surface area contributed by atoms with Gasteiger partial charge in [0.15, 0.2) is 5.82 Å². The molecule has 0 saturated carbocycles. The number of nitrogens with zero attached hydrogens (tertiary/aromatic N) is 2. The number of rotatable bonds is 1. The van der Waals surface area contributed by atoms with Crippen LogP contribution in [0.25, 0.3) is 0 Å². The summed E-state index contributed by atoms with van der Waals surface area (Å²) in [4.78, 5) is 13.9. The molecule has 0 atom stereocenters. The van der Waals surface area contributed by atoms with Crippen molar-refractivity contribution in [3.63, 3.8) is 0 Å². The standard InChI is InChI=1S/C7H10N2O3.K/c1-7(2,3)6-8-4(5(10)11)12-9-6;/h1-3H3,(H,10,11);/q;+1/p-1. The van der Waals surface area contributed by atoms with Crippen molar-refractivity contribution >= 4 is 5.97 Å². The zero-order valence-corrected chi connectivity index (χ0v) is 11.2. The van der Waals surface area contributed by atoms with Crippen LogP contribution in [0.15, 0.2) is 4.52 Å². The molecule has 0 bridgehead atoms. The van der Waals surface area contributed by atoms with Gasteiger partial charge in [0.2, 0.25) is 0 Å². The third kappa shape index (κ3) is 3.47. The van der Waals surface area contributed by atoms with E-state index in [0.29, 0.717) is 5.82 Å². The first-order valence-corrected chi connectivity index (χ1v) is 3.47. The first-order chi connectivity index (χ1) is 5.41. The van der Waals surface area contributed by atoms with Crippen LogP contribution in [0.1, 0.15) is 37.3 Å². The molecule has 0 spiro atoms. The van der Waals surface area contributed by atoms with Gasteiger partial charge in [-0.3, -0.25) is 0 Å². The van der Waals surface area contributed by atoms with E-state index in [1.165, 1.54) is 0 Å². The third-order valence-corrected chi connectivity index (χ3v) is 1.27.